The Balaban J connectivity index is 2.25. The summed E-state index contributed by atoms with van der Waals surface area (Å²) >= 11 is 0. The van der Waals surface area contributed by atoms with Gasteiger partial charge in [-0.3, -0.25) is 0 Å². The smallest absolute Gasteiger partial charge is 0.185 e. The molecule has 0 aromatic heterocycles. The summed E-state index contributed by atoms with van der Waals surface area (Å²) in [5.41, 5.74) is 1.62. The maximum atomic E-state index is 13.0. The van der Waals surface area contributed by atoms with E-state index in [0.717, 1.165) is 11.1 Å². The first-order valence-corrected chi connectivity index (χ1v) is 12.2. The van der Waals surface area contributed by atoms with Gasteiger partial charge in [0.2, 0.25) is 0 Å². The van der Waals surface area contributed by atoms with Gasteiger partial charge < -0.3 is 0 Å². The Morgan fingerprint density at radius 3 is 1.82 bits per heavy atom. The Morgan fingerprint density at radius 1 is 0.821 bits per heavy atom. The number of benzene rings is 2. The molecule has 2 aromatic carbocycles. The average Bonchev–Trinajstić information content (AvgIpc) is 2.67. The van der Waals surface area contributed by atoms with E-state index in [1.165, 1.54) is 0 Å². The van der Waals surface area contributed by atoms with Gasteiger partial charge in [0.05, 0.1) is 20.8 Å². The van der Waals surface area contributed by atoms with Crippen molar-refractivity contribution >= 4 is 19.7 Å². The zero-order chi connectivity index (χ0) is 20.8. The Kier molecular flexibility index (Phi) is 7.38. The summed E-state index contributed by atoms with van der Waals surface area (Å²) in [5, 5.41) is -0.740. The second kappa shape index (κ2) is 9.34. The molecule has 0 amide bonds. The van der Waals surface area contributed by atoms with Crippen molar-refractivity contribution < 1.29 is 16.8 Å². The highest BCUT2D eigenvalue weighted by Gasteiger charge is 2.25. The molecule has 0 saturated carbocycles. The van der Waals surface area contributed by atoms with Gasteiger partial charge in [0, 0.05) is 0 Å². The summed E-state index contributed by atoms with van der Waals surface area (Å²) in [5.74, 6) is -0.157. The van der Waals surface area contributed by atoms with Crippen LogP contribution >= 0.6 is 0 Å². The lowest BCUT2D eigenvalue weighted by molar-refractivity contribution is 0.587. The third kappa shape index (κ3) is 5.91. The maximum absolute atomic E-state index is 13.0. The van der Waals surface area contributed by atoms with Gasteiger partial charge in [-0.2, -0.15) is 0 Å². The van der Waals surface area contributed by atoms with E-state index in [1.54, 1.807) is 79.7 Å². The lowest BCUT2D eigenvalue weighted by Crippen LogP contribution is -2.20. The van der Waals surface area contributed by atoms with Crippen LogP contribution in [0.5, 0.6) is 0 Å². The van der Waals surface area contributed by atoms with Gasteiger partial charge in [-0.25, -0.2) is 16.8 Å². The Labute approximate surface area is 168 Å². The van der Waals surface area contributed by atoms with Crippen molar-refractivity contribution in [3.8, 4) is 0 Å². The molecule has 0 N–H and O–H groups in total. The number of rotatable bonds is 8. The minimum atomic E-state index is -3.56. The van der Waals surface area contributed by atoms with Gasteiger partial charge in [-0.15, -0.1) is 0 Å². The van der Waals surface area contributed by atoms with E-state index in [4.69, 9.17) is 0 Å². The zero-order valence-corrected chi connectivity index (χ0v) is 18.0. The van der Waals surface area contributed by atoms with Crippen molar-refractivity contribution in [2.45, 2.75) is 42.2 Å². The molecule has 1 atom stereocenters. The first-order valence-electron chi connectivity index (χ1n) is 9.00. The largest absolute Gasteiger partial charge is 0.223 e. The van der Waals surface area contributed by atoms with Gasteiger partial charge >= 0.3 is 0 Å². The van der Waals surface area contributed by atoms with Crippen molar-refractivity contribution in [1.29, 1.82) is 0 Å². The summed E-state index contributed by atoms with van der Waals surface area (Å²) in [7, 11) is -7.01. The number of hydrogen-bond donors (Lipinski definition) is 0. The van der Waals surface area contributed by atoms with Crippen LogP contribution in [0, 0.1) is 0 Å². The van der Waals surface area contributed by atoms with Crippen molar-refractivity contribution in [2.75, 3.05) is 5.75 Å². The predicted molar refractivity (Wildman–Crippen MR) is 114 cm³/mol. The maximum Gasteiger partial charge on any atom is 0.185 e. The molecule has 0 aliphatic carbocycles. The molecule has 4 nitrogen and oxygen atoms in total. The molecule has 6 heteroatoms. The summed E-state index contributed by atoms with van der Waals surface area (Å²) in [6.07, 6.45) is 3.58. The van der Waals surface area contributed by atoms with Crippen molar-refractivity contribution in [2.24, 2.45) is 0 Å². The van der Waals surface area contributed by atoms with Gasteiger partial charge in [0.25, 0.3) is 0 Å². The van der Waals surface area contributed by atoms with Crippen LogP contribution in [0.4, 0.5) is 0 Å². The lowest BCUT2D eigenvalue weighted by Gasteiger charge is -2.16. The van der Waals surface area contributed by atoms with E-state index in [-0.39, 0.29) is 22.0 Å². The topological polar surface area (TPSA) is 68.3 Å². The second-order valence-electron chi connectivity index (χ2n) is 6.99. The first kappa shape index (κ1) is 22.1. The van der Waals surface area contributed by atoms with Gasteiger partial charge in [0.1, 0.15) is 0 Å². The molecule has 2 rings (SSSR count). The molecular formula is C22H26O4S2. The summed E-state index contributed by atoms with van der Waals surface area (Å²) in [6.45, 7) is 5.48. The van der Waals surface area contributed by atoms with Crippen LogP contribution in [-0.2, 0) is 19.7 Å². The SMILES string of the molecule is CC(C)=CC(CC(C)=CCS(=O)(=O)c1ccccc1)S(=O)(=O)c1ccccc1. The molecule has 150 valence electrons. The molecule has 0 bridgehead atoms. The zero-order valence-electron chi connectivity index (χ0n) is 16.4. The molecule has 28 heavy (non-hydrogen) atoms. The van der Waals surface area contributed by atoms with Gasteiger partial charge in [-0.1, -0.05) is 59.7 Å². The molecule has 0 aliphatic rings. The quantitative estimate of drug-likeness (QED) is 0.587. The van der Waals surface area contributed by atoms with Crippen molar-refractivity contribution in [3.05, 3.63) is 84.0 Å². The fourth-order valence-corrected chi connectivity index (χ4v) is 5.88. The highest BCUT2D eigenvalue weighted by Crippen LogP contribution is 2.23. The van der Waals surface area contributed by atoms with Gasteiger partial charge in [-0.05, 0) is 51.5 Å². The number of allylic oxidation sites excluding steroid dienone is 2. The molecule has 0 spiro atoms. The van der Waals surface area contributed by atoms with E-state index in [2.05, 4.69) is 0 Å². The van der Waals surface area contributed by atoms with Crippen LogP contribution in [0.3, 0.4) is 0 Å². The monoisotopic (exact) mass is 418 g/mol. The van der Waals surface area contributed by atoms with Crippen LogP contribution < -0.4 is 0 Å². The molecule has 0 aliphatic heterocycles. The van der Waals surface area contributed by atoms with Crippen LogP contribution in [0.2, 0.25) is 0 Å². The Morgan fingerprint density at radius 2 is 1.32 bits per heavy atom. The first-order chi connectivity index (χ1) is 13.1. The van der Waals surface area contributed by atoms with E-state index in [9.17, 15) is 16.8 Å². The van der Waals surface area contributed by atoms with E-state index >= 15 is 0 Å². The molecule has 2 aromatic rings. The molecule has 0 saturated heterocycles. The van der Waals surface area contributed by atoms with Gasteiger partial charge in [0.15, 0.2) is 19.7 Å². The number of sulfone groups is 2. The third-order valence-corrected chi connectivity index (χ3v) is 7.89. The third-order valence-electron chi connectivity index (χ3n) is 4.27. The summed E-state index contributed by atoms with van der Waals surface area (Å²) in [6, 6.07) is 16.6. The second-order valence-corrected chi connectivity index (χ2v) is 11.2. The molecule has 0 heterocycles. The Hall–Kier alpha value is -2.18. The van der Waals surface area contributed by atoms with Crippen LogP contribution in [0.25, 0.3) is 0 Å². The molecule has 0 fully saturated rings. The molecule has 1 unspecified atom stereocenters. The van der Waals surface area contributed by atoms with Crippen LogP contribution in [0.15, 0.2) is 93.8 Å². The minimum Gasteiger partial charge on any atom is -0.223 e. The normalized spacial score (nSPS) is 13.8. The lowest BCUT2D eigenvalue weighted by atomic mass is 10.1. The Bertz CT molecular complexity index is 1050. The molecular weight excluding hydrogens is 392 g/mol. The molecule has 0 radical (unpaired) electrons. The fraction of sp³-hybridized carbons (Fsp3) is 0.273. The average molecular weight is 419 g/mol. The predicted octanol–water partition coefficient (Wildman–Crippen LogP) is 4.61. The summed E-state index contributed by atoms with van der Waals surface area (Å²) < 4.78 is 51.0. The van der Waals surface area contributed by atoms with E-state index in [1.807, 2.05) is 13.8 Å². The number of hydrogen-bond acceptors (Lipinski definition) is 4. The minimum absolute atomic E-state index is 0.157. The van der Waals surface area contributed by atoms with Crippen LogP contribution in [-0.4, -0.2) is 27.8 Å². The van der Waals surface area contributed by atoms with Crippen molar-refractivity contribution in [1.82, 2.24) is 0 Å². The van der Waals surface area contributed by atoms with E-state index < -0.39 is 24.9 Å². The highest BCUT2D eigenvalue weighted by atomic mass is 32.2. The summed E-state index contributed by atoms with van der Waals surface area (Å²) in [4.78, 5) is 0.527. The fourth-order valence-electron chi connectivity index (χ4n) is 2.79. The van der Waals surface area contributed by atoms with Crippen LogP contribution in [0.1, 0.15) is 27.2 Å². The standard InChI is InChI=1S/C22H26O4S2/c1-18(2)16-22(28(25,26)21-12-8-5-9-13-21)17-19(3)14-15-27(23,24)20-10-6-4-7-11-20/h4-14,16,22H,15,17H2,1-3H3. The van der Waals surface area contributed by atoms with E-state index in [0.29, 0.717) is 0 Å². The van der Waals surface area contributed by atoms with Crippen molar-refractivity contribution in [3.63, 3.8) is 0 Å². The highest BCUT2D eigenvalue weighted by molar-refractivity contribution is 7.92.